The van der Waals surface area contributed by atoms with Gasteiger partial charge >= 0.3 is 0 Å². The lowest BCUT2D eigenvalue weighted by Crippen LogP contribution is -2.42. The van der Waals surface area contributed by atoms with Gasteiger partial charge in [0, 0.05) is 25.7 Å². The molecule has 1 aliphatic heterocycles. The van der Waals surface area contributed by atoms with Crippen LogP contribution in [0.3, 0.4) is 0 Å². The molecule has 0 N–H and O–H groups in total. The van der Waals surface area contributed by atoms with Crippen LogP contribution in [0.25, 0.3) is 0 Å². The fourth-order valence-corrected chi connectivity index (χ4v) is 2.20. The van der Waals surface area contributed by atoms with E-state index in [1.807, 2.05) is 7.05 Å². The fourth-order valence-electron chi connectivity index (χ4n) is 2.05. The maximum absolute atomic E-state index is 6.05. The zero-order chi connectivity index (χ0) is 14.0. The molecule has 0 saturated carbocycles. The number of rotatable bonds is 4. The molecule has 0 bridgehead atoms. The molecule has 19 heavy (non-hydrogen) atoms. The third-order valence-corrected chi connectivity index (χ3v) is 4.22. The number of anilines is 2. The zero-order valence-electron chi connectivity index (χ0n) is 12.1. The minimum absolute atomic E-state index is 0.00698. The van der Waals surface area contributed by atoms with Crippen molar-refractivity contribution >= 4 is 23.5 Å². The lowest BCUT2D eigenvalue weighted by atomic mass is 10.0. The number of hydrogen-bond donors (Lipinski definition) is 0. The Hall–Kier alpha value is -1.10. The van der Waals surface area contributed by atoms with Gasteiger partial charge in [-0.2, -0.15) is 15.0 Å². The van der Waals surface area contributed by atoms with E-state index in [-0.39, 0.29) is 10.8 Å². The molecule has 1 saturated heterocycles. The summed E-state index contributed by atoms with van der Waals surface area (Å²) in [5.41, 5.74) is -0.00698. The molecule has 1 aromatic rings. The van der Waals surface area contributed by atoms with Crippen LogP contribution in [-0.4, -0.2) is 40.6 Å². The van der Waals surface area contributed by atoms with Gasteiger partial charge in [0.1, 0.15) is 0 Å². The highest BCUT2D eigenvalue weighted by Gasteiger charge is 2.25. The molecule has 1 aliphatic rings. The highest BCUT2D eigenvalue weighted by atomic mass is 35.5. The van der Waals surface area contributed by atoms with Gasteiger partial charge in [0.2, 0.25) is 17.2 Å². The first kappa shape index (κ1) is 14.3. The van der Waals surface area contributed by atoms with Crippen molar-refractivity contribution in [3.05, 3.63) is 5.28 Å². The maximum atomic E-state index is 6.05. The highest BCUT2D eigenvalue weighted by Crippen LogP contribution is 2.25. The van der Waals surface area contributed by atoms with Gasteiger partial charge in [-0.3, -0.25) is 0 Å². The van der Waals surface area contributed by atoms with E-state index in [1.165, 1.54) is 12.8 Å². The second kappa shape index (κ2) is 5.49. The molecule has 0 unspecified atom stereocenters. The molecule has 1 fully saturated rings. The smallest absolute Gasteiger partial charge is 0.231 e. The third kappa shape index (κ3) is 3.08. The SMILES string of the molecule is CCC(C)(C)N(C)c1nc(Cl)nc(N2CCCC2)n1. The first-order valence-corrected chi connectivity index (χ1v) is 7.22. The minimum Gasteiger partial charge on any atom is -0.341 e. The average molecular weight is 284 g/mol. The quantitative estimate of drug-likeness (QED) is 0.850. The molecular formula is C13H22ClN5. The number of aromatic nitrogens is 3. The Morgan fingerprint density at radius 3 is 2.42 bits per heavy atom. The first-order valence-electron chi connectivity index (χ1n) is 6.84. The lowest BCUT2D eigenvalue weighted by Gasteiger charge is -2.35. The summed E-state index contributed by atoms with van der Waals surface area (Å²) in [6.45, 7) is 8.49. The van der Waals surface area contributed by atoms with Gasteiger partial charge in [0.15, 0.2) is 0 Å². The Kier molecular flexibility index (Phi) is 4.13. The molecule has 0 spiro atoms. The monoisotopic (exact) mass is 283 g/mol. The Morgan fingerprint density at radius 2 is 1.84 bits per heavy atom. The van der Waals surface area contributed by atoms with E-state index < -0.39 is 0 Å². The van der Waals surface area contributed by atoms with Crippen molar-refractivity contribution in [1.82, 2.24) is 15.0 Å². The van der Waals surface area contributed by atoms with Gasteiger partial charge in [-0.15, -0.1) is 0 Å². The summed E-state index contributed by atoms with van der Waals surface area (Å²) in [6.07, 6.45) is 3.38. The van der Waals surface area contributed by atoms with E-state index in [9.17, 15) is 0 Å². The molecule has 0 atom stereocenters. The Bertz CT molecular complexity index is 443. The van der Waals surface area contributed by atoms with Crippen molar-refractivity contribution in [1.29, 1.82) is 0 Å². The van der Waals surface area contributed by atoms with Gasteiger partial charge in [0.25, 0.3) is 0 Å². The maximum Gasteiger partial charge on any atom is 0.231 e. The molecule has 2 rings (SSSR count). The molecule has 5 nitrogen and oxygen atoms in total. The normalized spacial score (nSPS) is 15.9. The summed E-state index contributed by atoms with van der Waals surface area (Å²) in [5, 5.41) is 0.269. The second-order valence-corrected chi connectivity index (χ2v) is 5.96. The summed E-state index contributed by atoms with van der Waals surface area (Å²) >= 11 is 6.05. The Labute approximate surface area is 120 Å². The van der Waals surface area contributed by atoms with Crippen LogP contribution in [0.5, 0.6) is 0 Å². The van der Waals surface area contributed by atoms with Gasteiger partial charge in [0.05, 0.1) is 0 Å². The number of nitrogens with zero attached hydrogens (tertiary/aromatic N) is 5. The Balaban J connectivity index is 2.30. The minimum atomic E-state index is -0.00698. The first-order chi connectivity index (χ1) is 8.94. The van der Waals surface area contributed by atoms with Crippen molar-refractivity contribution in [3.63, 3.8) is 0 Å². The van der Waals surface area contributed by atoms with E-state index >= 15 is 0 Å². The molecule has 6 heteroatoms. The summed E-state index contributed by atoms with van der Waals surface area (Å²) < 4.78 is 0. The molecule has 2 heterocycles. The zero-order valence-corrected chi connectivity index (χ0v) is 12.9. The van der Waals surface area contributed by atoms with Crippen LogP contribution in [0, 0.1) is 0 Å². The van der Waals surface area contributed by atoms with E-state index in [0.29, 0.717) is 11.9 Å². The van der Waals surface area contributed by atoms with Crippen LogP contribution in [0.4, 0.5) is 11.9 Å². The molecule has 0 amide bonds. The van der Waals surface area contributed by atoms with Gasteiger partial charge in [-0.25, -0.2) is 0 Å². The molecule has 0 radical (unpaired) electrons. The van der Waals surface area contributed by atoms with Crippen molar-refractivity contribution in [2.45, 2.75) is 45.6 Å². The summed E-state index contributed by atoms with van der Waals surface area (Å²) in [4.78, 5) is 17.3. The van der Waals surface area contributed by atoms with E-state index in [2.05, 4.69) is 45.5 Å². The highest BCUT2D eigenvalue weighted by molar-refractivity contribution is 6.28. The standard InChI is InChI=1S/C13H22ClN5/c1-5-13(2,3)18(4)11-15-10(14)16-12(17-11)19-8-6-7-9-19/h5-9H2,1-4H3. The van der Waals surface area contributed by atoms with E-state index in [0.717, 1.165) is 19.5 Å². The van der Waals surface area contributed by atoms with Crippen LogP contribution in [0.2, 0.25) is 5.28 Å². The third-order valence-electron chi connectivity index (χ3n) is 4.05. The summed E-state index contributed by atoms with van der Waals surface area (Å²) in [6, 6.07) is 0. The fraction of sp³-hybridized carbons (Fsp3) is 0.769. The molecule has 106 valence electrons. The topological polar surface area (TPSA) is 45.2 Å². The predicted octanol–water partition coefficient (Wildman–Crippen LogP) is 2.75. The van der Waals surface area contributed by atoms with Crippen molar-refractivity contribution in [2.75, 3.05) is 29.9 Å². The average Bonchev–Trinajstić information content (AvgIpc) is 2.91. The summed E-state index contributed by atoms with van der Waals surface area (Å²) in [7, 11) is 2.00. The molecular weight excluding hydrogens is 262 g/mol. The van der Waals surface area contributed by atoms with Crippen molar-refractivity contribution in [2.24, 2.45) is 0 Å². The number of hydrogen-bond acceptors (Lipinski definition) is 5. The van der Waals surface area contributed by atoms with Gasteiger partial charge < -0.3 is 9.80 Å². The van der Waals surface area contributed by atoms with Crippen LogP contribution in [-0.2, 0) is 0 Å². The van der Waals surface area contributed by atoms with Crippen molar-refractivity contribution < 1.29 is 0 Å². The van der Waals surface area contributed by atoms with Crippen LogP contribution in [0.1, 0.15) is 40.0 Å². The van der Waals surface area contributed by atoms with E-state index in [4.69, 9.17) is 11.6 Å². The molecule has 1 aromatic heterocycles. The van der Waals surface area contributed by atoms with Crippen LogP contribution in [0.15, 0.2) is 0 Å². The van der Waals surface area contributed by atoms with Gasteiger partial charge in [-0.05, 0) is 44.7 Å². The molecule has 0 aliphatic carbocycles. The predicted molar refractivity (Wildman–Crippen MR) is 79.1 cm³/mol. The van der Waals surface area contributed by atoms with Gasteiger partial charge in [-0.1, -0.05) is 6.92 Å². The molecule has 0 aromatic carbocycles. The summed E-state index contributed by atoms with van der Waals surface area (Å²) in [5.74, 6) is 1.35. The van der Waals surface area contributed by atoms with E-state index in [1.54, 1.807) is 0 Å². The Morgan fingerprint density at radius 1 is 1.21 bits per heavy atom. The lowest BCUT2D eigenvalue weighted by molar-refractivity contribution is 0.462. The second-order valence-electron chi connectivity index (χ2n) is 5.62. The van der Waals surface area contributed by atoms with Crippen LogP contribution >= 0.6 is 11.6 Å². The number of halogens is 1. The van der Waals surface area contributed by atoms with Crippen molar-refractivity contribution in [3.8, 4) is 0 Å². The largest absolute Gasteiger partial charge is 0.341 e. The van der Waals surface area contributed by atoms with Crippen LogP contribution < -0.4 is 9.80 Å².